The Balaban J connectivity index is 2.26. The van der Waals surface area contributed by atoms with Crippen LogP contribution in [0.1, 0.15) is 72.6 Å². The molecule has 0 aromatic rings. The molecule has 0 unspecified atom stereocenters. The maximum atomic E-state index is 11.6. The van der Waals surface area contributed by atoms with Crippen molar-refractivity contribution < 1.29 is 4.79 Å². The van der Waals surface area contributed by atoms with Crippen LogP contribution >= 0.6 is 12.2 Å². The monoisotopic (exact) mass is 298 g/mol. The molecular formula is C16H30N2OS. The smallest absolute Gasteiger partial charge is 0.226 e. The number of hydrogen-bond donors (Lipinski definition) is 2. The first kappa shape index (κ1) is 17.4. The highest BCUT2D eigenvalue weighted by molar-refractivity contribution is 7.80. The van der Waals surface area contributed by atoms with E-state index in [-0.39, 0.29) is 5.91 Å². The zero-order valence-electron chi connectivity index (χ0n) is 13.4. The van der Waals surface area contributed by atoms with E-state index in [0.29, 0.717) is 23.0 Å². The molecule has 1 aliphatic rings. The molecule has 4 heteroatoms. The van der Waals surface area contributed by atoms with Crippen molar-refractivity contribution in [2.45, 2.75) is 78.7 Å². The number of thiocarbonyl (C=S) groups is 1. The average molecular weight is 298 g/mol. The van der Waals surface area contributed by atoms with Gasteiger partial charge in [0.2, 0.25) is 5.91 Å². The summed E-state index contributed by atoms with van der Waals surface area (Å²) in [6.45, 7) is 9.05. The van der Waals surface area contributed by atoms with Gasteiger partial charge in [0, 0.05) is 12.5 Å². The van der Waals surface area contributed by atoms with Crippen molar-refractivity contribution in [1.82, 2.24) is 10.6 Å². The van der Waals surface area contributed by atoms with Crippen LogP contribution in [0.2, 0.25) is 0 Å². The van der Waals surface area contributed by atoms with Crippen molar-refractivity contribution in [2.24, 2.45) is 11.3 Å². The third-order valence-corrected chi connectivity index (χ3v) is 4.52. The van der Waals surface area contributed by atoms with Crippen LogP contribution in [0, 0.1) is 11.3 Å². The van der Waals surface area contributed by atoms with Crippen LogP contribution < -0.4 is 10.6 Å². The molecule has 20 heavy (non-hydrogen) atoms. The van der Waals surface area contributed by atoms with E-state index in [1.165, 1.54) is 12.8 Å². The lowest BCUT2D eigenvalue weighted by Crippen LogP contribution is -2.46. The fourth-order valence-electron chi connectivity index (χ4n) is 2.85. The number of unbranched alkanes of at least 4 members (excludes halogenated alkanes) is 1. The summed E-state index contributed by atoms with van der Waals surface area (Å²) in [5, 5.41) is 6.59. The lowest BCUT2D eigenvalue weighted by molar-refractivity contribution is -0.119. The fourth-order valence-corrected chi connectivity index (χ4v) is 3.13. The average Bonchev–Trinajstić information content (AvgIpc) is 2.35. The van der Waals surface area contributed by atoms with Gasteiger partial charge in [0.15, 0.2) is 5.11 Å². The molecule has 1 fully saturated rings. The molecule has 0 spiro atoms. The second kappa shape index (κ2) is 7.96. The SMILES string of the molecule is CCCCC(=O)NC(=S)NC1CCC(C(C)(C)C)CC1. The lowest BCUT2D eigenvalue weighted by Gasteiger charge is -2.37. The fraction of sp³-hybridized carbons (Fsp3) is 0.875. The Hall–Kier alpha value is -0.640. The van der Waals surface area contributed by atoms with Crippen LogP contribution in [-0.4, -0.2) is 17.1 Å². The molecule has 3 nitrogen and oxygen atoms in total. The van der Waals surface area contributed by atoms with Gasteiger partial charge < -0.3 is 10.6 Å². The summed E-state index contributed by atoms with van der Waals surface area (Å²) in [5.74, 6) is 0.834. The van der Waals surface area contributed by atoms with E-state index >= 15 is 0 Å². The van der Waals surface area contributed by atoms with Gasteiger partial charge in [-0.25, -0.2) is 0 Å². The highest BCUT2D eigenvalue weighted by Crippen LogP contribution is 2.37. The zero-order chi connectivity index (χ0) is 15.2. The maximum absolute atomic E-state index is 11.6. The molecule has 2 N–H and O–H groups in total. The second-order valence-corrected chi connectivity index (χ2v) is 7.45. The van der Waals surface area contributed by atoms with Crippen molar-refractivity contribution in [1.29, 1.82) is 0 Å². The number of hydrogen-bond acceptors (Lipinski definition) is 2. The summed E-state index contributed by atoms with van der Waals surface area (Å²) in [4.78, 5) is 11.6. The third kappa shape index (κ3) is 6.21. The number of rotatable bonds is 4. The summed E-state index contributed by atoms with van der Waals surface area (Å²) in [6, 6.07) is 0.424. The molecule has 0 saturated heterocycles. The van der Waals surface area contributed by atoms with Gasteiger partial charge in [0.1, 0.15) is 0 Å². The van der Waals surface area contributed by atoms with Crippen LogP contribution in [0.5, 0.6) is 0 Å². The van der Waals surface area contributed by atoms with Crippen molar-refractivity contribution >= 4 is 23.2 Å². The van der Waals surface area contributed by atoms with Crippen molar-refractivity contribution in [2.75, 3.05) is 0 Å². The van der Waals surface area contributed by atoms with Crippen LogP contribution in [-0.2, 0) is 4.79 Å². The third-order valence-electron chi connectivity index (χ3n) is 4.30. The van der Waals surface area contributed by atoms with Crippen molar-refractivity contribution in [3.63, 3.8) is 0 Å². The topological polar surface area (TPSA) is 41.1 Å². The second-order valence-electron chi connectivity index (χ2n) is 7.04. The van der Waals surface area contributed by atoms with Crippen LogP contribution in [0.4, 0.5) is 0 Å². The van der Waals surface area contributed by atoms with E-state index in [1.54, 1.807) is 0 Å². The van der Waals surface area contributed by atoms with E-state index < -0.39 is 0 Å². The summed E-state index contributed by atoms with van der Waals surface area (Å²) in [7, 11) is 0. The summed E-state index contributed by atoms with van der Waals surface area (Å²) in [6.07, 6.45) is 7.30. The number of carbonyl (C=O) groups is 1. The van der Waals surface area contributed by atoms with E-state index in [0.717, 1.165) is 31.6 Å². The first-order valence-electron chi connectivity index (χ1n) is 7.93. The zero-order valence-corrected chi connectivity index (χ0v) is 14.2. The van der Waals surface area contributed by atoms with E-state index in [1.807, 2.05) is 0 Å². The normalized spacial score (nSPS) is 23.2. The molecule has 0 aromatic carbocycles. The predicted molar refractivity (Wildman–Crippen MR) is 88.6 cm³/mol. The summed E-state index contributed by atoms with van der Waals surface area (Å²) in [5.41, 5.74) is 0.403. The van der Waals surface area contributed by atoms with E-state index in [9.17, 15) is 4.79 Å². The van der Waals surface area contributed by atoms with Gasteiger partial charge in [-0.05, 0) is 55.7 Å². The van der Waals surface area contributed by atoms with Gasteiger partial charge in [-0.1, -0.05) is 34.1 Å². The highest BCUT2D eigenvalue weighted by atomic mass is 32.1. The molecule has 0 heterocycles. The Bertz CT molecular complexity index is 328. The number of amides is 1. The molecular weight excluding hydrogens is 268 g/mol. The van der Waals surface area contributed by atoms with Gasteiger partial charge in [0.05, 0.1) is 0 Å². The number of nitrogens with one attached hydrogen (secondary N) is 2. The molecule has 1 rings (SSSR count). The largest absolute Gasteiger partial charge is 0.360 e. The Labute approximate surface area is 129 Å². The van der Waals surface area contributed by atoms with E-state index in [2.05, 4.69) is 38.3 Å². The molecule has 1 amide bonds. The molecule has 0 bridgehead atoms. The Morgan fingerprint density at radius 2 is 1.80 bits per heavy atom. The lowest BCUT2D eigenvalue weighted by atomic mass is 9.71. The Morgan fingerprint density at radius 1 is 1.20 bits per heavy atom. The van der Waals surface area contributed by atoms with E-state index in [4.69, 9.17) is 12.2 Å². The molecule has 1 aliphatic carbocycles. The quantitative estimate of drug-likeness (QED) is 0.776. The minimum Gasteiger partial charge on any atom is -0.360 e. The van der Waals surface area contributed by atoms with Gasteiger partial charge in [-0.3, -0.25) is 4.79 Å². The van der Waals surface area contributed by atoms with Crippen LogP contribution in [0.25, 0.3) is 0 Å². The van der Waals surface area contributed by atoms with Gasteiger partial charge in [-0.2, -0.15) is 0 Å². The van der Waals surface area contributed by atoms with Gasteiger partial charge in [0.25, 0.3) is 0 Å². The Morgan fingerprint density at radius 3 is 2.30 bits per heavy atom. The summed E-state index contributed by atoms with van der Waals surface area (Å²) < 4.78 is 0. The standard InChI is InChI=1S/C16H30N2OS/c1-5-6-7-14(19)18-15(20)17-13-10-8-12(9-11-13)16(2,3)4/h12-13H,5-11H2,1-4H3,(H2,17,18,19,20). The molecule has 0 aromatic heterocycles. The van der Waals surface area contributed by atoms with Crippen LogP contribution in [0.15, 0.2) is 0 Å². The van der Waals surface area contributed by atoms with Gasteiger partial charge >= 0.3 is 0 Å². The molecule has 116 valence electrons. The predicted octanol–water partition coefficient (Wildman–Crippen LogP) is 3.77. The minimum atomic E-state index is 0.0349. The van der Waals surface area contributed by atoms with Crippen molar-refractivity contribution in [3.8, 4) is 0 Å². The van der Waals surface area contributed by atoms with Crippen molar-refractivity contribution in [3.05, 3.63) is 0 Å². The minimum absolute atomic E-state index is 0.0349. The molecule has 0 atom stereocenters. The first-order chi connectivity index (χ1) is 9.32. The first-order valence-corrected chi connectivity index (χ1v) is 8.34. The Kier molecular flexibility index (Phi) is 6.93. The van der Waals surface area contributed by atoms with Crippen LogP contribution in [0.3, 0.4) is 0 Å². The number of carbonyl (C=O) groups excluding carboxylic acids is 1. The summed E-state index contributed by atoms with van der Waals surface area (Å²) >= 11 is 5.22. The molecule has 0 aliphatic heterocycles. The maximum Gasteiger partial charge on any atom is 0.226 e. The van der Waals surface area contributed by atoms with Gasteiger partial charge in [-0.15, -0.1) is 0 Å². The highest BCUT2D eigenvalue weighted by Gasteiger charge is 2.29. The molecule has 0 radical (unpaired) electrons. The molecule has 1 saturated carbocycles.